The van der Waals surface area contributed by atoms with Crippen LogP contribution >= 0.6 is 11.3 Å². The number of anilines is 1. The zero-order valence-corrected chi connectivity index (χ0v) is 14.6. The second kappa shape index (κ2) is 5.93. The van der Waals surface area contributed by atoms with Crippen molar-refractivity contribution in [3.8, 4) is 16.9 Å². The van der Waals surface area contributed by atoms with Gasteiger partial charge in [-0.3, -0.25) is 4.79 Å². The Balaban J connectivity index is 1.70. The molecule has 0 radical (unpaired) electrons. The van der Waals surface area contributed by atoms with Gasteiger partial charge in [0.1, 0.15) is 11.5 Å². The van der Waals surface area contributed by atoms with Gasteiger partial charge in [0.15, 0.2) is 0 Å². The molecule has 1 aromatic heterocycles. The molecule has 132 valence electrons. The fourth-order valence-corrected chi connectivity index (χ4v) is 4.09. The van der Waals surface area contributed by atoms with Gasteiger partial charge in [-0.2, -0.15) is 21.1 Å². The number of fused-ring (bicyclic) bond motifs is 3. The lowest BCUT2D eigenvalue weighted by atomic mass is 10.1. The molecule has 0 unspecified atom stereocenters. The van der Waals surface area contributed by atoms with Crippen molar-refractivity contribution in [2.24, 2.45) is 0 Å². The number of nitrogens with one attached hydrogen (secondary N) is 2. The van der Waals surface area contributed by atoms with Crippen LogP contribution in [0.5, 0.6) is 0 Å². The van der Waals surface area contributed by atoms with E-state index < -0.39 is 0 Å². The predicted molar refractivity (Wildman–Crippen MR) is 101 cm³/mol. The summed E-state index contributed by atoms with van der Waals surface area (Å²) in [4.78, 5) is 17.8. The van der Waals surface area contributed by atoms with E-state index in [-0.39, 0.29) is 11.4 Å². The first-order valence-electron chi connectivity index (χ1n) is 8.44. The Labute approximate surface area is 152 Å². The van der Waals surface area contributed by atoms with Crippen LogP contribution in [0, 0.1) is 5.82 Å². The molecule has 1 fully saturated rings. The number of nitrogens with zero attached hydrogens (tertiary/aromatic N) is 3. The molecule has 0 amide bonds. The fraction of sp³-hybridized carbons (Fsp3) is 0.222. The average Bonchev–Trinajstić information content (AvgIpc) is 3.30. The van der Waals surface area contributed by atoms with E-state index in [1.807, 2.05) is 27.8 Å². The van der Waals surface area contributed by atoms with Gasteiger partial charge in [0.05, 0.1) is 16.9 Å². The molecule has 0 bridgehead atoms. The highest BCUT2D eigenvalue weighted by Gasteiger charge is 2.22. The number of thiophene rings is 1. The summed E-state index contributed by atoms with van der Waals surface area (Å²) in [6, 6.07) is 5.13. The lowest BCUT2D eigenvalue weighted by Gasteiger charge is -2.29. The SMILES string of the molecule is O=c1c2c[nH]c3cc(N4CCNCC4)c(F)cc3c-2nn1-c1ccsc1. The van der Waals surface area contributed by atoms with Crippen molar-refractivity contribution in [1.29, 1.82) is 0 Å². The van der Waals surface area contributed by atoms with Gasteiger partial charge >= 0.3 is 0 Å². The smallest absolute Gasteiger partial charge is 0.282 e. The molecule has 2 aromatic rings. The van der Waals surface area contributed by atoms with Gasteiger partial charge < -0.3 is 15.2 Å². The van der Waals surface area contributed by atoms with Gasteiger partial charge in [0.2, 0.25) is 0 Å². The Bertz CT molecular complexity index is 1110. The first-order chi connectivity index (χ1) is 12.7. The van der Waals surface area contributed by atoms with E-state index in [9.17, 15) is 9.18 Å². The van der Waals surface area contributed by atoms with E-state index in [0.29, 0.717) is 22.3 Å². The van der Waals surface area contributed by atoms with Crippen LogP contribution in [-0.4, -0.2) is 40.9 Å². The topological polar surface area (TPSA) is 66.0 Å². The van der Waals surface area contributed by atoms with Crippen LogP contribution in [0.15, 0.2) is 40.0 Å². The predicted octanol–water partition coefficient (Wildman–Crippen LogP) is 2.43. The summed E-state index contributed by atoms with van der Waals surface area (Å²) in [6.45, 7) is 3.21. The Morgan fingerprint density at radius 2 is 2.08 bits per heavy atom. The number of hydrogen-bond donors (Lipinski definition) is 2. The molecule has 0 aliphatic carbocycles. The second-order valence-electron chi connectivity index (χ2n) is 6.34. The van der Waals surface area contributed by atoms with Crippen molar-refractivity contribution < 1.29 is 4.39 Å². The van der Waals surface area contributed by atoms with Crippen molar-refractivity contribution in [3.63, 3.8) is 0 Å². The second-order valence-corrected chi connectivity index (χ2v) is 7.12. The Morgan fingerprint density at radius 1 is 1.23 bits per heavy atom. The Kier molecular flexibility index (Phi) is 3.54. The van der Waals surface area contributed by atoms with E-state index >= 15 is 0 Å². The molecule has 0 atom stereocenters. The molecule has 0 saturated carbocycles. The van der Waals surface area contributed by atoms with E-state index in [0.717, 1.165) is 37.4 Å². The third-order valence-electron chi connectivity index (χ3n) is 4.80. The summed E-state index contributed by atoms with van der Waals surface area (Å²) >= 11 is 1.50. The Hall–Kier alpha value is -2.71. The molecule has 8 heteroatoms. The highest BCUT2D eigenvalue weighted by atomic mass is 32.1. The number of benzene rings is 1. The minimum absolute atomic E-state index is 0.205. The molecule has 1 aromatic carbocycles. The standard InChI is InChI=1S/C18H16FN5OS/c19-14-7-12-15(8-16(14)23-4-2-20-3-5-23)21-9-13-17(12)22-24(18(13)25)11-1-6-26-10-11/h1,6-10,20-21H,2-5H2. The van der Waals surface area contributed by atoms with E-state index in [1.165, 1.54) is 22.1 Å². The minimum atomic E-state index is -0.294. The molecule has 26 heavy (non-hydrogen) atoms. The number of halogens is 1. The van der Waals surface area contributed by atoms with Gasteiger partial charge in [-0.05, 0) is 23.6 Å². The summed E-state index contributed by atoms with van der Waals surface area (Å²) in [6.07, 6.45) is 1.66. The first-order valence-corrected chi connectivity index (χ1v) is 9.38. The van der Waals surface area contributed by atoms with E-state index in [1.54, 1.807) is 6.20 Å². The van der Waals surface area contributed by atoms with Crippen LogP contribution in [0.2, 0.25) is 0 Å². The van der Waals surface area contributed by atoms with Crippen LogP contribution in [-0.2, 0) is 0 Å². The van der Waals surface area contributed by atoms with Gasteiger partial charge in [0, 0.05) is 48.7 Å². The quantitative estimate of drug-likeness (QED) is 0.570. The van der Waals surface area contributed by atoms with Crippen LogP contribution in [0.1, 0.15) is 0 Å². The van der Waals surface area contributed by atoms with Gasteiger partial charge in [-0.1, -0.05) is 0 Å². The van der Waals surface area contributed by atoms with Crippen molar-refractivity contribution >= 4 is 27.9 Å². The fourth-order valence-electron chi connectivity index (χ4n) is 3.47. The zero-order valence-electron chi connectivity index (χ0n) is 13.8. The van der Waals surface area contributed by atoms with Gasteiger partial charge in [-0.25, -0.2) is 4.39 Å². The number of piperazine rings is 1. The highest BCUT2D eigenvalue weighted by molar-refractivity contribution is 7.08. The van der Waals surface area contributed by atoms with Crippen LogP contribution in [0.25, 0.3) is 27.8 Å². The number of H-pyrrole nitrogens is 1. The molecule has 3 aliphatic heterocycles. The molecule has 3 aliphatic rings. The van der Waals surface area contributed by atoms with Crippen molar-refractivity contribution in [2.45, 2.75) is 0 Å². The molecule has 2 N–H and O–H groups in total. The first kappa shape index (κ1) is 15.5. The zero-order chi connectivity index (χ0) is 17.7. The normalized spacial score (nSPS) is 15.2. The van der Waals surface area contributed by atoms with E-state index in [4.69, 9.17) is 0 Å². The molecule has 6 nitrogen and oxygen atoms in total. The molecule has 4 heterocycles. The average molecular weight is 369 g/mol. The summed E-state index contributed by atoms with van der Waals surface area (Å²) in [5.41, 5.74) is 2.83. The number of aromatic nitrogens is 3. The maximum Gasteiger partial charge on any atom is 0.282 e. The van der Waals surface area contributed by atoms with Crippen molar-refractivity contribution in [1.82, 2.24) is 20.1 Å². The lowest BCUT2D eigenvalue weighted by molar-refractivity contribution is 0.567. The maximum absolute atomic E-state index is 14.8. The van der Waals surface area contributed by atoms with Crippen LogP contribution < -0.4 is 15.8 Å². The third-order valence-corrected chi connectivity index (χ3v) is 5.47. The minimum Gasteiger partial charge on any atom is -0.367 e. The molecule has 5 rings (SSSR count). The van der Waals surface area contributed by atoms with Crippen LogP contribution in [0.4, 0.5) is 10.1 Å². The lowest BCUT2D eigenvalue weighted by Crippen LogP contribution is -2.43. The summed E-state index contributed by atoms with van der Waals surface area (Å²) in [7, 11) is 0. The number of hydrogen-bond acceptors (Lipinski definition) is 5. The highest BCUT2D eigenvalue weighted by Crippen LogP contribution is 2.31. The van der Waals surface area contributed by atoms with Crippen LogP contribution in [0.3, 0.4) is 0 Å². The molecule has 1 saturated heterocycles. The molecular formula is C18H16FN5OS. The summed E-state index contributed by atoms with van der Waals surface area (Å²) in [5, 5.41) is 12.1. The third kappa shape index (κ3) is 2.33. The maximum atomic E-state index is 14.8. The Morgan fingerprint density at radius 3 is 2.85 bits per heavy atom. The van der Waals surface area contributed by atoms with E-state index in [2.05, 4.69) is 15.4 Å². The van der Waals surface area contributed by atoms with Crippen molar-refractivity contribution in [2.75, 3.05) is 31.1 Å². The van der Waals surface area contributed by atoms with Crippen molar-refractivity contribution in [3.05, 3.63) is 51.3 Å². The summed E-state index contributed by atoms with van der Waals surface area (Å²) < 4.78 is 16.2. The number of rotatable bonds is 2. The monoisotopic (exact) mass is 369 g/mol. The largest absolute Gasteiger partial charge is 0.367 e. The molecule has 0 spiro atoms. The molecular weight excluding hydrogens is 353 g/mol. The van der Waals surface area contributed by atoms with Gasteiger partial charge in [-0.15, -0.1) is 0 Å². The van der Waals surface area contributed by atoms with Gasteiger partial charge in [0.25, 0.3) is 5.56 Å². The summed E-state index contributed by atoms with van der Waals surface area (Å²) in [5.74, 6) is -0.294. The number of pyridine rings is 1. The number of aromatic amines is 1.